The molecule has 0 saturated carbocycles. The number of benzene rings is 1. The minimum atomic E-state index is -0.232. The predicted molar refractivity (Wildman–Crippen MR) is 106 cm³/mol. The first-order chi connectivity index (χ1) is 12.5. The number of amides is 1. The summed E-state index contributed by atoms with van der Waals surface area (Å²) >= 11 is 12.1. The van der Waals surface area contributed by atoms with E-state index in [0.29, 0.717) is 36.3 Å². The van der Waals surface area contributed by atoms with Gasteiger partial charge in [-0.05, 0) is 44.4 Å². The van der Waals surface area contributed by atoms with Crippen molar-refractivity contribution < 1.29 is 9.53 Å². The largest absolute Gasteiger partial charge is 0.450 e. The molecule has 8 heteroatoms. The van der Waals surface area contributed by atoms with Crippen molar-refractivity contribution in [3.8, 4) is 0 Å². The first kappa shape index (κ1) is 20.6. The molecule has 0 spiro atoms. The van der Waals surface area contributed by atoms with Gasteiger partial charge < -0.3 is 20.3 Å². The van der Waals surface area contributed by atoms with Crippen molar-refractivity contribution in [2.24, 2.45) is 4.99 Å². The fourth-order valence-corrected chi connectivity index (χ4v) is 3.22. The molecule has 1 fully saturated rings. The van der Waals surface area contributed by atoms with E-state index >= 15 is 0 Å². The second kappa shape index (κ2) is 10.5. The zero-order valence-electron chi connectivity index (χ0n) is 15.2. The molecular formula is C18H26Cl2N4O2. The third kappa shape index (κ3) is 6.25. The molecule has 2 rings (SSSR count). The highest BCUT2D eigenvalue weighted by Crippen LogP contribution is 2.21. The average Bonchev–Trinajstić information content (AvgIpc) is 2.62. The normalized spacial score (nSPS) is 15.7. The quantitative estimate of drug-likeness (QED) is 0.584. The molecule has 6 nitrogen and oxygen atoms in total. The Morgan fingerprint density at radius 2 is 2.04 bits per heavy atom. The van der Waals surface area contributed by atoms with E-state index in [0.717, 1.165) is 30.9 Å². The number of nitrogens with zero attached hydrogens (tertiary/aromatic N) is 2. The number of likely N-dealkylation sites (tertiary alicyclic amines) is 1. The highest BCUT2D eigenvalue weighted by molar-refractivity contribution is 6.35. The maximum Gasteiger partial charge on any atom is 0.409 e. The van der Waals surface area contributed by atoms with Crippen molar-refractivity contribution in [2.75, 3.05) is 26.2 Å². The highest BCUT2D eigenvalue weighted by Gasteiger charge is 2.24. The molecule has 1 heterocycles. The van der Waals surface area contributed by atoms with E-state index < -0.39 is 0 Å². The molecular weight excluding hydrogens is 375 g/mol. The maximum atomic E-state index is 11.8. The SMILES string of the molecule is CCNC(=NCc1ccc(Cl)cc1Cl)NC1CCN(C(=O)OCC)CC1. The number of piperidine rings is 1. The second-order valence-corrected chi connectivity index (χ2v) is 6.88. The Hall–Kier alpha value is -1.66. The van der Waals surface area contributed by atoms with Crippen LogP contribution in [-0.4, -0.2) is 49.2 Å². The summed E-state index contributed by atoms with van der Waals surface area (Å²) in [6, 6.07) is 5.68. The van der Waals surface area contributed by atoms with Crippen LogP contribution in [0.5, 0.6) is 0 Å². The number of carbonyl (C=O) groups excluding carboxylic acids is 1. The van der Waals surface area contributed by atoms with E-state index in [1.165, 1.54) is 0 Å². The molecule has 1 saturated heterocycles. The number of halogens is 2. The van der Waals surface area contributed by atoms with Crippen molar-refractivity contribution in [2.45, 2.75) is 39.3 Å². The monoisotopic (exact) mass is 400 g/mol. The summed E-state index contributed by atoms with van der Waals surface area (Å²) in [7, 11) is 0. The van der Waals surface area contributed by atoms with Crippen LogP contribution >= 0.6 is 23.2 Å². The van der Waals surface area contributed by atoms with Gasteiger partial charge in [0.15, 0.2) is 5.96 Å². The number of nitrogens with one attached hydrogen (secondary N) is 2. The molecule has 0 atom stereocenters. The molecule has 2 N–H and O–H groups in total. The van der Waals surface area contributed by atoms with Crippen LogP contribution in [0.25, 0.3) is 0 Å². The highest BCUT2D eigenvalue weighted by atomic mass is 35.5. The third-order valence-corrected chi connectivity index (χ3v) is 4.72. The smallest absolute Gasteiger partial charge is 0.409 e. The van der Waals surface area contributed by atoms with E-state index in [2.05, 4.69) is 15.6 Å². The van der Waals surface area contributed by atoms with Gasteiger partial charge in [-0.2, -0.15) is 0 Å². The Kier molecular flexibility index (Phi) is 8.32. The van der Waals surface area contributed by atoms with Gasteiger partial charge in [-0.1, -0.05) is 29.3 Å². The van der Waals surface area contributed by atoms with Crippen molar-refractivity contribution in [1.29, 1.82) is 0 Å². The molecule has 0 bridgehead atoms. The van der Waals surface area contributed by atoms with E-state index in [-0.39, 0.29) is 12.1 Å². The Bertz CT molecular complexity index is 632. The lowest BCUT2D eigenvalue weighted by Gasteiger charge is -2.32. The number of hydrogen-bond acceptors (Lipinski definition) is 3. The molecule has 0 aromatic heterocycles. The van der Waals surface area contributed by atoms with E-state index in [9.17, 15) is 4.79 Å². The van der Waals surface area contributed by atoms with Gasteiger partial charge in [-0.15, -0.1) is 0 Å². The fourth-order valence-electron chi connectivity index (χ4n) is 2.75. The molecule has 1 aromatic carbocycles. The van der Waals surface area contributed by atoms with Crippen LogP contribution in [0.15, 0.2) is 23.2 Å². The number of rotatable bonds is 5. The fraction of sp³-hybridized carbons (Fsp3) is 0.556. The Labute approximate surface area is 164 Å². The summed E-state index contributed by atoms with van der Waals surface area (Å²) in [5.41, 5.74) is 0.922. The Balaban J connectivity index is 1.90. The van der Waals surface area contributed by atoms with Crippen molar-refractivity contribution in [3.63, 3.8) is 0 Å². The van der Waals surface area contributed by atoms with Crippen LogP contribution in [0.3, 0.4) is 0 Å². The van der Waals surface area contributed by atoms with Crippen LogP contribution < -0.4 is 10.6 Å². The van der Waals surface area contributed by atoms with Gasteiger partial charge in [0, 0.05) is 35.7 Å². The lowest BCUT2D eigenvalue weighted by molar-refractivity contribution is 0.0963. The van der Waals surface area contributed by atoms with E-state index in [1.54, 1.807) is 11.0 Å². The number of hydrogen-bond donors (Lipinski definition) is 2. The number of carbonyl (C=O) groups is 1. The van der Waals surface area contributed by atoms with Crippen molar-refractivity contribution in [1.82, 2.24) is 15.5 Å². The van der Waals surface area contributed by atoms with Crippen LogP contribution in [-0.2, 0) is 11.3 Å². The molecule has 0 unspecified atom stereocenters. The lowest BCUT2D eigenvalue weighted by Crippen LogP contribution is -2.49. The zero-order valence-corrected chi connectivity index (χ0v) is 16.7. The third-order valence-electron chi connectivity index (χ3n) is 4.13. The topological polar surface area (TPSA) is 66.0 Å². The van der Waals surface area contributed by atoms with Crippen LogP contribution in [0.4, 0.5) is 4.79 Å². The standard InChI is InChI=1S/C18H26Cl2N4O2/c1-3-21-17(22-12-13-5-6-14(19)11-16(13)20)23-15-7-9-24(10-8-15)18(25)26-4-2/h5-6,11,15H,3-4,7-10,12H2,1-2H3,(H2,21,22,23). The van der Waals surface area contributed by atoms with Crippen LogP contribution in [0.1, 0.15) is 32.3 Å². The second-order valence-electron chi connectivity index (χ2n) is 6.04. The molecule has 144 valence electrons. The van der Waals surface area contributed by atoms with Gasteiger partial charge in [-0.3, -0.25) is 0 Å². The van der Waals surface area contributed by atoms with Gasteiger partial charge in [-0.25, -0.2) is 9.79 Å². The zero-order chi connectivity index (χ0) is 18.9. The molecule has 0 radical (unpaired) electrons. The minimum absolute atomic E-state index is 0.232. The van der Waals surface area contributed by atoms with Gasteiger partial charge in [0.05, 0.1) is 13.2 Å². The number of guanidine groups is 1. The molecule has 0 aliphatic carbocycles. The first-order valence-electron chi connectivity index (χ1n) is 8.94. The molecule has 1 aromatic rings. The van der Waals surface area contributed by atoms with Crippen LogP contribution in [0.2, 0.25) is 10.0 Å². The predicted octanol–water partition coefficient (Wildman–Crippen LogP) is 3.67. The summed E-state index contributed by atoms with van der Waals surface area (Å²) in [4.78, 5) is 18.1. The summed E-state index contributed by atoms with van der Waals surface area (Å²) in [6.07, 6.45) is 1.47. The first-order valence-corrected chi connectivity index (χ1v) is 9.69. The van der Waals surface area contributed by atoms with Crippen LogP contribution in [0, 0.1) is 0 Å². The van der Waals surface area contributed by atoms with Crippen molar-refractivity contribution >= 4 is 35.3 Å². The van der Waals surface area contributed by atoms with Gasteiger partial charge in [0.2, 0.25) is 0 Å². The summed E-state index contributed by atoms with van der Waals surface area (Å²) in [5, 5.41) is 7.91. The number of ether oxygens (including phenoxy) is 1. The van der Waals surface area contributed by atoms with Crippen molar-refractivity contribution in [3.05, 3.63) is 33.8 Å². The van der Waals surface area contributed by atoms with E-state index in [1.807, 2.05) is 26.0 Å². The van der Waals surface area contributed by atoms with Gasteiger partial charge in [0.1, 0.15) is 0 Å². The molecule has 1 aliphatic heterocycles. The maximum absolute atomic E-state index is 11.8. The van der Waals surface area contributed by atoms with Gasteiger partial charge in [0.25, 0.3) is 0 Å². The van der Waals surface area contributed by atoms with Gasteiger partial charge >= 0.3 is 6.09 Å². The lowest BCUT2D eigenvalue weighted by atomic mass is 10.1. The number of aliphatic imine (C=N–C) groups is 1. The minimum Gasteiger partial charge on any atom is -0.450 e. The Morgan fingerprint density at radius 1 is 1.31 bits per heavy atom. The Morgan fingerprint density at radius 3 is 2.65 bits per heavy atom. The average molecular weight is 401 g/mol. The molecule has 1 amide bonds. The summed E-state index contributed by atoms with van der Waals surface area (Å²) in [6.45, 7) is 6.84. The summed E-state index contributed by atoms with van der Waals surface area (Å²) < 4.78 is 5.05. The summed E-state index contributed by atoms with van der Waals surface area (Å²) in [5.74, 6) is 0.744. The van der Waals surface area contributed by atoms with E-state index in [4.69, 9.17) is 27.9 Å². The molecule has 1 aliphatic rings. The molecule has 26 heavy (non-hydrogen) atoms.